The molecular weight excluding hydrogens is 663 g/mol. The van der Waals surface area contributed by atoms with Crippen LogP contribution in [0, 0.1) is 19.3 Å². The third-order valence-corrected chi connectivity index (χ3v) is 11.5. The van der Waals surface area contributed by atoms with E-state index in [-0.39, 0.29) is 0 Å². The Kier molecular flexibility index (Phi) is 7.72. The minimum Gasteiger partial charge on any atom is -0.310 e. The van der Waals surface area contributed by atoms with Crippen LogP contribution in [0.3, 0.4) is 0 Å². The monoisotopic (exact) mass is 699 g/mol. The van der Waals surface area contributed by atoms with E-state index in [1.807, 2.05) is 0 Å². The van der Waals surface area contributed by atoms with Crippen molar-refractivity contribution in [1.29, 1.82) is 0 Å². The van der Waals surface area contributed by atoms with Crippen LogP contribution in [-0.2, 0) is 5.41 Å². The van der Waals surface area contributed by atoms with E-state index in [0.717, 1.165) is 28.2 Å². The van der Waals surface area contributed by atoms with Gasteiger partial charge in [0.1, 0.15) is 0 Å². The van der Waals surface area contributed by atoms with E-state index in [4.69, 9.17) is 6.42 Å². The lowest BCUT2D eigenvalue weighted by Crippen LogP contribution is -2.27. The molecule has 1 nitrogen and oxygen atoms in total. The summed E-state index contributed by atoms with van der Waals surface area (Å²) in [5.74, 6) is 3.25. The Morgan fingerprint density at radius 1 is 0.400 bits per heavy atom. The van der Waals surface area contributed by atoms with Crippen molar-refractivity contribution in [3.8, 4) is 45.7 Å². The minimum atomic E-state index is -0.657. The van der Waals surface area contributed by atoms with Gasteiger partial charge in [0.2, 0.25) is 0 Å². The topological polar surface area (TPSA) is 3.24 Å². The molecule has 0 aliphatic heterocycles. The predicted molar refractivity (Wildman–Crippen MR) is 231 cm³/mol. The van der Waals surface area contributed by atoms with E-state index < -0.39 is 5.41 Å². The fraction of sp³-hybridized carbons (Fsp3) is 0.0370. The first-order chi connectivity index (χ1) is 27.2. The van der Waals surface area contributed by atoms with E-state index in [2.05, 4.69) is 218 Å². The quantitative estimate of drug-likeness (QED) is 0.156. The van der Waals surface area contributed by atoms with Crippen molar-refractivity contribution in [2.24, 2.45) is 0 Å². The van der Waals surface area contributed by atoms with E-state index in [0.29, 0.717) is 0 Å². The van der Waals surface area contributed by atoms with Crippen molar-refractivity contribution >= 4 is 28.2 Å². The van der Waals surface area contributed by atoms with E-state index in [1.165, 1.54) is 66.8 Å². The largest absolute Gasteiger partial charge is 0.310 e. The molecule has 55 heavy (non-hydrogen) atoms. The molecule has 10 rings (SSSR count). The molecule has 0 bridgehead atoms. The number of fused-ring (bicyclic) bond motifs is 7. The molecule has 2 aliphatic carbocycles. The number of hydrogen-bond donors (Lipinski definition) is 0. The molecule has 2 aliphatic rings. The van der Waals surface area contributed by atoms with Gasteiger partial charge < -0.3 is 4.90 Å². The maximum Gasteiger partial charge on any atom is 0.0739 e. The van der Waals surface area contributed by atoms with Gasteiger partial charge in [-0.25, -0.2) is 0 Å². The molecule has 0 aromatic heterocycles. The molecule has 1 heteroatoms. The Bertz CT molecular complexity index is 2810. The summed E-state index contributed by atoms with van der Waals surface area (Å²) in [6, 6.07) is 72.4. The van der Waals surface area contributed by atoms with Gasteiger partial charge in [-0.3, -0.25) is 0 Å². The van der Waals surface area contributed by atoms with Gasteiger partial charge in [0.25, 0.3) is 0 Å². The fourth-order valence-electron chi connectivity index (χ4n) is 9.10. The Hall–Kier alpha value is -7.14. The lowest BCUT2D eigenvalue weighted by Gasteiger charge is -2.35. The first-order valence-corrected chi connectivity index (χ1v) is 18.9. The van der Waals surface area contributed by atoms with Crippen LogP contribution in [0.15, 0.2) is 200 Å². The molecule has 0 saturated heterocycles. The minimum absolute atomic E-state index is 0.657. The fourth-order valence-corrected chi connectivity index (χ4v) is 9.10. The van der Waals surface area contributed by atoms with Crippen LogP contribution in [-0.4, -0.2) is 0 Å². The lowest BCUT2D eigenvalue weighted by atomic mass is 9.67. The second kappa shape index (κ2) is 13.1. The Labute approximate surface area is 323 Å². The standard InChI is InChI=1S/C54H37N/c1-3-45-48-34-32-44(55(42-22-11-6-12-23-42)43-30-27-40(28-31-43)38-18-7-4-8-19-38)36-52(48)54(53(45)46-24-14-13-17-37(46)2)50-26-16-15-25-47(50)49-33-29-41(35-51(49)54)39-20-9-5-10-21-39/h1,4-36H,2H3. The Balaban J connectivity index is 1.26. The maximum absolute atomic E-state index is 6.66. The molecule has 258 valence electrons. The van der Waals surface area contributed by atoms with Crippen molar-refractivity contribution in [2.75, 3.05) is 4.90 Å². The average Bonchev–Trinajstić information content (AvgIpc) is 3.71. The summed E-state index contributed by atoms with van der Waals surface area (Å²) >= 11 is 0. The van der Waals surface area contributed by atoms with Crippen molar-refractivity contribution < 1.29 is 0 Å². The molecule has 0 heterocycles. The van der Waals surface area contributed by atoms with E-state index >= 15 is 0 Å². The normalized spacial score (nSPS) is 15.0. The van der Waals surface area contributed by atoms with Crippen LogP contribution in [0.4, 0.5) is 17.1 Å². The summed E-state index contributed by atoms with van der Waals surface area (Å²) in [6.07, 6.45) is 6.66. The molecular formula is C54H37N. The molecule has 0 fully saturated rings. The highest BCUT2D eigenvalue weighted by atomic mass is 15.1. The van der Waals surface area contributed by atoms with Gasteiger partial charge in [0.15, 0.2) is 0 Å². The van der Waals surface area contributed by atoms with Crippen LogP contribution in [0.2, 0.25) is 0 Å². The third-order valence-electron chi connectivity index (χ3n) is 11.5. The zero-order valence-corrected chi connectivity index (χ0v) is 30.6. The number of anilines is 3. The van der Waals surface area contributed by atoms with Crippen LogP contribution in [0.5, 0.6) is 0 Å². The number of para-hydroxylation sites is 1. The number of benzene rings is 8. The van der Waals surface area contributed by atoms with Crippen LogP contribution >= 0.6 is 0 Å². The van der Waals surface area contributed by atoms with Gasteiger partial charge in [0, 0.05) is 22.6 Å². The summed E-state index contributed by atoms with van der Waals surface area (Å²) in [5, 5.41) is 0. The average molecular weight is 700 g/mol. The number of terminal acetylenes is 1. The SMILES string of the molecule is C#CC1=C(c2ccccc2C)C2(c3cc(N(c4ccccc4)c4ccc(-c5ccccc5)cc4)ccc31)c1ccccc1-c1ccc(-c3ccccc3)cc12. The zero-order valence-electron chi connectivity index (χ0n) is 30.6. The second-order valence-corrected chi connectivity index (χ2v) is 14.4. The highest BCUT2D eigenvalue weighted by Gasteiger charge is 2.54. The van der Waals surface area contributed by atoms with Crippen molar-refractivity contribution in [3.05, 3.63) is 234 Å². The molecule has 0 radical (unpaired) electrons. The molecule has 0 saturated carbocycles. The van der Waals surface area contributed by atoms with Crippen molar-refractivity contribution in [3.63, 3.8) is 0 Å². The smallest absolute Gasteiger partial charge is 0.0739 e. The molecule has 0 amide bonds. The first kappa shape index (κ1) is 32.5. The summed E-state index contributed by atoms with van der Waals surface area (Å²) in [5.41, 5.74) is 19.2. The van der Waals surface area contributed by atoms with Crippen LogP contribution in [0.25, 0.3) is 44.5 Å². The number of hydrogen-bond acceptors (Lipinski definition) is 1. The van der Waals surface area contributed by atoms with Crippen LogP contribution < -0.4 is 4.90 Å². The highest BCUT2D eigenvalue weighted by Crippen LogP contribution is 2.65. The number of aryl methyl sites for hydroxylation is 1. The van der Waals surface area contributed by atoms with Crippen molar-refractivity contribution in [1.82, 2.24) is 0 Å². The van der Waals surface area contributed by atoms with E-state index in [1.54, 1.807) is 0 Å². The molecule has 1 spiro atoms. The van der Waals surface area contributed by atoms with Crippen molar-refractivity contribution in [2.45, 2.75) is 12.3 Å². The van der Waals surface area contributed by atoms with Gasteiger partial charge in [-0.1, -0.05) is 164 Å². The van der Waals surface area contributed by atoms with Gasteiger partial charge >= 0.3 is 0 Å². The predicted octanol–water partition coefficient (Wildman–Crippen LogP) is 13.7. The molecule has 1 unspecified atom stereocenters. The molecule has 8 aromatic carbocycles. The number of allylic oxidation sites excluding steroid dienone is 2. The maximum atomic E-state index is 6.66. The first-order valence-electron chi connectivity index (χ1n) is 18.9. The molecule has 1 atom stereocenters. The van der Waals surface area contributed by atoms with Crippen LogP contribution in [0.1, 0.15) is 33.4 Å². The summed E-state index contributed by atoms with van der Waals surface area (Å²) in [6.45, 7) is 2.21. The van der Waals surface area contributed by atoms with E-state index in [9.17, 15) is 0 Å². The lowest BCUT2D eigenvalue weighted by molar-refractivity contribution is 0.841. The highest BCUT2D eigenvalue weighted by molar-refractivity contribution is 6.14. The zero-order chi connectivity index (χ0) is 36.9. The molecule has 8 aromatic rings. The van der Waals surface area contributed by atoms with Gasteiger partial charge in [-0.2, -0.15) is 0 Å². The third kappa shape index (κ3) is 5.03. The Morgan fingerprint density at radius 2 is 0.891 bits per heavy atom. The summed E-state index contributed by atoms with van der Waals surface area (Å²) < 4.78 is 0. The second-order valence-electron chi connectivity index (χ2n) is 14.4. The van der Waals surface area contributed by atoms with Gasteiger partial charge in [0.05, 0.1) is 5.41 Å². The Morgan fingerprint density at radius 3 is 1.58 bits per heavy atom. The summed E-state index contributed by atoms with van der Waals surface area (Å²) in [7, 11) is 0. The number of rotatable bonds is 6. The molecule has 0 N–H and O–H groups in total. The number of nitrogens with zero attached hydrogens (tertiary/aromatic N) is 1. The van der Waals surface area contributed by atoms with Gasteiger partial charge in [-0.15, -0.1) is 6.42 Å². The summed E-state index contributed by atoms with van der Waals surface area (Å²) in [4.78, 5) is 2.37. The van der Waals surface area contributed by atoms with Gasteiger partial charge in [-0.05, 0) is 122 Å².